The molecule has 2 rings (SSSR count). The number of alkyl halides is 3. The highest BCUT2D eigenvalue weighted by atomic mass is 19.4. The lowest BCUT2D eigenvalue weighted by Crippen LogP contribution is -2.38. The molecule has 1 saturated heterocycles. The molecule has 1 fully saturated rings. The molecule has 0 N–H and O–H groups in total. The van der Waals surface area contributed by atoms with Gasteiger partial charge in [-0.3, -0.25) is 9.69 Å². The predicted molar refractivity (Wildman–Crippen MR) is 76.1 cm³/mol. The van der Waals surface area contributed by atoms with Gasteiger partial charge in [0.2, 0.25) is 0 Å². The van der Waals surface area contributed by atoms with Gasteiger partial charge in [0.25, 0.3) is 0 Å². The third-order valence-corrected chi connectivity index (χ3v) is 3.81. The van der Waals surface area contributed by atoms with Crippen LogP contribution in [-0.2, 0) is 22.3 Å². The standard InChI is InChI=1S/C16H20F3NO2/c1-2-22-15(21)13-4-3-9-20(11-13)10-12-5-7-14(8-6-12)16(17,18)19/h5-8,13H,2-4,9-11H2,1H3/t13-/m0/s1. The topological polar surface area (TPSA) is 29.5 Å². The Labute approximate surface area is 128 Å². The van der Waals surface area contributed by atoms with Crippen LogP contribution < -0.4 is 0 Å². The first kappa shape index (κ1) is 16.8. The zero-order valence-electron chi connectivity index (χ0n) is 12.5. The summed E-state index contributed by atoms with van der Waals surface area (Å²) in [5.41, 5.74) is 0.178. The minimum Gasteiger partial charge on any atom is -0.466 e. The number of benzene rings is 1. The van der Waals surface area contributed by atoms with Crippen LogP contribution in [0.1, 0.15) is 30.9 Å². The number of carbonyl (C=O) groups is 1. The largest absolute Gasteiger partial charge is 0.466 e. The molecule has 0 aliphatic carbocycles. The number of hydrogen-bond donors (Lipinski definition) is 0. The molecule has 0 amide bonds. The molecule has 1 heterocycles. The van der Waals surface area contributed by atoms with Gasteiger partial charge in [-0.15, -0.1) is 0 Å². The molecular weight excluding hydrogens is 295 g/mol. The molecule has 1 atom stereocenters. The molecule has 0 spiro atoms. The van der Waals surface area contributed by atoms with Crippen LogP contribution in [0.4, 0.5) is 13.2 Å². The summed E-state index contributed by atoms with van der Waals surface area (Å²) < 4.78 is 42.6. The van der Waals surface area contributed by atoms with Gasteiger partial charge in [0.05, 0.1) is 18.1 Å². The quantitative estimate of drug-likeness (QED) is 0.797. The summed E-state index contributed by atoms with van der Waals surface area (Å²) in [6, 6.07) is 5.19. The van der Waals surface area contributed by atoms with Crippen molar-refractivity contribution < 1.29 is 22.7 Å². The highest BCUT2D eigenvalue weighted by molar-refractivity contribution is 5.72. The van der Waals surface area contributed by atoms with E-state index >= 15 is 0 Å². The summed E-state index contributed by atoms with van der Waals surface area (Å²) in [5, 5.41) is 0. The molecule has 0 saturated carbocycles. The maximum Gasteiger partial charge on any atom is 0.416 e. The summed E-state index contributed by atoms with van der Waals surface area (Å²) in [6.45, 7) is 4.14. The van der Waals surface area contributed by atoms with Gasteiger partial charge >= 0.3 is 12.1 Å². The van der Waals surface area contributed by atoms with E-state index in [0.29, 0.717) is 19.7 Å². The van der Waals surface area contributed by atoms with Gasteiger partial charge in [-0.05, 0) is 44.0 Å². The van der Waals surface area contributed by atoms with Crippen molar-refractivity contribution >= 4 is 5.97 Å². The third-order valence-electron chi connectivity index (χ3n) is 3.81. The predicted octanol–water partition coefficient (Wildman–Crippen LogP) is 3.48. The smallest absolute Gasteiger partial charge is 0.416 e. The Balaban J connectivity index is 1.94. The maximum absolute atomic E-state index is 12.5. The van der Waals surface area contributed by atoms with Gasteiger partial charge in [-0.25, -0.2) is 0 Å². The molecule has 1 aromatic rings. The average molecular weight is 315 g/mol. The number of esters is 1. The molecule has 1 aliphatic heterocycles. The fourth-order valence-corrected chi connectivity index (χ4v) is 2.71. The van der Waals surface area contributed by atoms with Crippen LogP contribution in [0.15, 0.2) is 24.3 Å². The van der Waals surface area contributed by atoms with Crippen molar-refractivity contribution in [1.82, 2.24) is 4.90 Å². The van der Waals surface area contributed by atoms with Gasteiger partial charge in [0.1, 0.15) is 0 Å². The minimum absolute atomic E-state index is 0.136. The Bertz CT molecular complexity index is 499. The molecule has 0 aromatic heterocycles. The Hall–Kier alpha value is -1.56. The van der Waals surface area contributed by atoms with Crippen molar-refractivity contribution in [2.45, 2.75) is 32.5 Å². The van der Waals surface area contributed by atoms with Crippen molar-refractivity contribution in [1.29, 1.82) is 0 Å². The molecule has 6 heteroatoms. The SMILES string of the molecule is CCOC(=O)[C@H]1CCCN(Cc2ccc(C(F)(F)F)cc2)C1. The number of likely N-dealkylation sites (tertiary alicyclic amines) is 1. The van der Waals surface area contributed by atoms with Gasteiger partial charge < -0.3 is 4.74 Å². The Kier molecular flexibility index (Phi) is 5.45. The molecule has 1 aromatic carbocycles. The lowest BCUT2D eigenvalue weighted by Gasteiger charge is -2.31. The summed E-state index contributed by atoms with van der Waals surface area (Å²) >= 11 is 0. The summed E-state index contributed by atoms with van der Waals surface area (Å²) in [5.74, 6) is -0.317. The first-order valence-electron chi connectivity index (χ1n) is 7.45. The molecule has 0 bridgehead atoms. The van der Waals surface area contributed by atoms with E-state index in [1.54, 1.807) is 6.92 Å². The van der Waals surface area contributed by atoms with Gasteiger partial charge in [-0.1, -0.05) is 12.1 Å². The summed E-state index contributed by atoms with van der Waals surface area (Å²) in [7, 11) is 0. The Morgan fingerprint density at radius 2 is 2.00 bits per heavy atom. The number of hydrogen-bond acceptors (Lipinski definition) is 3. The number of carbonyl (C=O) groups excluding carboxylic acids is 1. The Morgan fingerprint density at radius 3 is 2.59 bits per heavy atom. The van der Waals surface area contributed by atoms with Crippen LogP contribution in [-0.4, -0.2) is 30.6 Å². The molecule has 3 nitrogen and oxygen atoms in total. The monoisotopic (exact) mass is 315 g/mol. The number of nitrogens with zero attached hydrogens (tertiary/aromatic N) is 1. The number of halogens is 3. The molecule has 0 unspecified atom stereocenters. The maximum atomic E-state index is 12.5. The second kappa shape index (κ2) is 7.13. The fourth-order valence-electron chi connectivity index (χ4n) is 2.71. The third kappa shape index (κ3) is 4.47. The van der Waals surface area contributed by atoms with Crippen molar-refractivity contribution in [3.63, 3.8) is 0 Å². The highest BCUT2D eigenvalue weighted by Gasteiger charge is 2.30. The van der Waals surface area contributed by atoms with E-state index < -0.39 is 11.7 Å². The van der Waals surface area contributed by atoms with Crippen molar-refractivity contribution in [2.75, 3.05) is 19.7 Å². The van der Waals surface area contributed by atoms with Crippen LogP contribution in [0.2, 0.25) is 0 Å². The van der Waals surface area contributed by atoms with Crippen LogP contribution in [0.5, 0.6) is 0 Å². The van der Waals surface area contributed by atoms with Crippen LogP contribution in [0.25, 0.3) is 0 Å². The summed E-state index contributed by atoms with van der Waals surface area (Å²) in [4.78, 5) is 13.9. The number of ether oxygens (including phenoxy) is 1. The minimum atomic E-state index is -4.31. The van der Waals surface area contributed by atoms with E-state index in [4.69, 9.17) is 4.74 Å². The molecule has 1 aliphatic rings. The van der Waals surface area contributed by atoms with E-state index in [-0.39, 0.29) is 11.9 Å². The van der Waals surface area contributed by atoms with Crippen molar-refractivity contribution in [2.24, 2.45) is 5.92 Å². The number of rotatable bonds is 4. The second-order valence-corrected chi connectivity index (χ2v) is 5.52. The van der Waals surface area contributed by atoms with Crippen molar-refractivity contribution in [3.05, 3.63) is 35.4 Å². The van der Waals surface area contributed by atoms with Gasteiger partial charge in [0, 0.05) is 13.1 Å². The molecular formula is C16H20F3NO2. The molecule has 122 valence electrons. The van der Waals surface area contributed by atoms with Crippen LogP contribution >= 0.6 is 0 Å². The Morgan fingerprint density at radius 1 is 1.32 bits per heavy atom. The first-order valence-corrected chi connectivity index (χ1v) is 7.45. The second-order valence-electron chi connectivity index (χ2n) is 5.52. The summed E-state index contributed by atoms with van der Waals surface area (Å²) in [6.07, 6.45) is -2.61. The zero-order chi connectivity index (χ0) is 16.2. The molecule has 22 heavy (non-hydrogen) atoms. The lowest BCUT2D eigenvalue weighted by atomic mass is 9.97. The van der Waals surface area contributed by atoms with E-state index in [0.717, 1.165) is 37.1 Å². The van der Waals surface area contributed by atoms with E-state index in [1.165, 1.54) is 12.1 Å². The van der Waals surface area contributed by atoms with Crippen LogP contribution in [0.3, 0.4) is 0 Å². The van der Waals surface area contributed by atoms with Gasteiger partial charge in [-0.2, -0.15) is 13.2 Å². The zero-order valence-corrected chi connectivity index (χ0v) is 12.5. The number of piperidine rings is 1. The van der Waals surface area contributed by atoms with E-state index in [2.05, 4.69) is 4.90 Å². The van der Waals surface area contributed by atoms with Crippen LogP contribution in [0, 0.1) is 5.92 Å². The fraction of sp³-hybridized carbons (Fsp3) is 0.562. The van der Waals surface area contributed by atoms with Gasteiger partial charge in [0.15, 0.2) is 0 Å². The first-order chi connectivity index (χ1) is 10.4. The molecule has 0 radical (unpaired) electrons. The van der Waals surface area contributed by atoms with Crippen molar-refractivity contribution in [3.8, 4) is 0 Å². The average Bonchev–Trinajstić information content (AvgIpc) is 2.47. The normalized spacial score (nSPS) is 19.9. The van der Waals surface area contributed by atoms with E-state index in [1.807, 2.05) is 0 Å². The highest BCUT2D eigenvalue weighted by Crippen LogP contribution is 2.29. The van der Waals surface area contributed by atoms with E-state index in [9.17, 15) is 18.0 Å². The lowest BCUT2D eigenvalue weighted by molar-refractivity contribution is -0.150.